The Kier molecular flexibility index (Phi) is 5.31. The van der Waals surface area contributed by atoms with Crippen LogP contribution in [0.25, 0.3) is 0 Å². The predicted octanol–water partition coefficient (Wildman–Crippen LogP) is 2.86. The summed E-state index contributed by atoms with van der Waals surface area (Å²) in [7, 11) is 0. The van der Waals surface area contributed by atoms with E-state index in [9.17, 15) is 9.59 Å². The first kappa shape index (κ1) is 19.1. The fourth-order valence-corrected chi connectivity index (χ4v) is 9.17. The molecule has 3 N–H and O–H groups in total. The number of nitrogens with one attached hydrogen (secondary N) is 1. The third-order valence-electron chi connectivity index (χ3n) is 4.59. The molecule has 0 bridgehead atoms. The molecule has 0 spiro atoms. The van der Waals surface area contributed by atoms with Gasteiger partial charge in [-0.1, -0.05) is 0 Å². The standard InChI is InChI=1S/C21H20ClN2O2P/c22-27(16-20(25)24-21(23)26,17-10-4-1-5-11-17,18-12-6-2-7-13-18)19-14-8-3-9-15-19/h1-15H,16H2,(H3,23,24,25,26). The molecule has 0 aliphatic carbocycles. The van der Waals surface area contributed by atoms with Gasteiger partial charge in [0.2, 0.25) is 0 Å². The van der Waals surface area contributed by atoms with E-state index in [2.05, 4.69) is 5.32 Å². The van der Waals surface area contributed by atoms with Crippen molar-refractivity contribution in [1.82, 2.24) is 5.32 Å². The summed E-state index contributed by atoms with van der Waals surface area (Å²) in [4.78, 5) is 24.0. The Labute approximate surface area is 163 Å². The van der Waals surface area contributed by atoms with Crippen LogP contribution >= 0.6 is 17.2 Å². The topological polar surface area (TPSA) is 72.2 Å². The Morgan fingerprint density at radius 2 is 1.07 bits per heavy atom. The minimum atomic E-state index is -3.71. The van der Waals surface area contributed by atoms with E-state index in [0.717, 1.165) is 15.9 Å². The number of halogens is 1. The van der Waals surface area contributed by atoms with E-state index < -0.39 is 17.9 Å². The number of carbonyl (C=O) groups is 2. The molecule has 0 unspecified atom stereocenters. The molecule has 3 rings (SSSR count). The van der Waals surface area contributed by atoms with Gasteiger partial charge < -0.3 is 0 Å². The number of rotatable bonds is 5. The Balaban J connectivity index is 2.36. The van der Waals surface area contributed by atoms with Gasteiger partial charge in [0, 0.05) is 0 Å². The molecule has 0 radical (unpaired) electrons. The van der Waals surface area contributed by atoms with E-state index in [0.29, 0.717) is 0 Å². The van der Waals surface area contributed by atoms with Crippen molar-refractivity contribution in [3.63, 3.8) is 0 Å². The van der Waals surface area contributed by atoms with Crippen molar-refractivity contribution in [2.45, 2.75) is 0 Å². The molecule has 0 atom stereocenters. The molecule has 138 valence electrons. The second kappa shape index (κ2) is 7.51. The van der Waals surface area contributed by atoms with Crippen LogP contribution in [-0.4, -0.2) is 18.1 Å². The monoisotopic (exact) mass is 398 g/mol. The van der Waals surface area contributed by atoms with Crippen LogP contribution in [-0.2, 0) is 4.79 Å². The van der Waals surface area contributed by atoms with E-state index in [1.165, 1.54) is 0 Å². The second-order valence-electron chi connectivity index (χ2n) is 6.26. The summed E-state index contributed by atoms with van der Waals surface area (Å²) in [6, 6.07) is 27.8. The molecule has 27 heavy (non-hydrogen) atoms. The van der Waals surface area contributed by atoms with Crippen molar-refractivity contribution in [3.8, 4) is 0 Å². The number of hydrogen-bond donors (Lipinski definition) is 2. The minimum absolute atomic E-state index is 0.0753. The van der Waals surface area contributed by atoms with Gasteiger partial charge in [0.25, 0.3) is 0 Å². The van der Waals surface area contributed by atoms with Gasteiger partial charge in [-0.2, -0.15) is 0 Å². The Morgan fingerprint density at radius 3 is 1.37 bits per heavy atom. The van der Waals surface area contributed by atoms with Crippen LogP contribution in [0.15, 0.2) is 91.0 Å². The number of hydrogen-bond acceptors (Lipinski definition) is 2. The Hall–Kier alpha value is -2.68. The first-order valence-electron chi connectivity index (χ1n) is 8.44. The van der Waals surface area contributed by atoms with Crippen molar-refractivity contribution >= 4 is 45.0 Å². The third kappa shape index (κ3) is 3.46. The van der Waals surface area contributed by atoms with Gasteiger partial charge in [-0.3, -0.25) is 0 Å². The molecular weight excluding hydrogens is 379 g/mol. The molecule has 0 aliphatic rings. The fraction of sp³-hybridized carbons (Fsp3) is 0.0476. The van der Waals surface area contributed by atoms with Gasteiger partial charge in [-0.15, -0.1) is 0 Å². The first-order valence-corrected chi connectivity index (χ1v) is 11.8. The van der Waals surface area contributed by atoms with Gasteiger partial charge in [0.05, 0.1) is 0 Å². The molecule has 6 heteroatoms. The summed E-state index contributed by atoms with van der Waals surface area (Å²) >= 11 is 7.67. The van der Waals surface area contributed by atoms with Crippen molar-refractivity contribution in [3.05, 3.63) is 91.0 Å². The first-order chi connectivity index (χ1) is 12.9. The molecule has 3 aromatic carbocycles. The van der Waals surface area contributed by atoms with Crippen molar-refractivity contribution in [2.75, 3.05) is 6.16 Å². The van der Waals surface area contributed by atoms with Gasteiger partial charge in [-0.05, 0) is 0 Å². The zero-order valence-corrected chi connectivity index (χ0v) is 16.2. The molecule has 0 saturated heterocycles. The predicted molar refractivity (Wildman–Crippen MR) is 114 cm³/mol. The summed E-state index contributed by atoms with van der Waals surface area (Å²) in [5.74, 6) is -4.22. The van der Waals surface area contributed by atoms with Crippen LogP contribution in [0.2, 0.25) is 0 Å². The molecule has 4 nitrogen and oxygen atoms in total. The van der Waals surface area contributed by atoms with E-state index in [4.69, 9.17) is 17.0 Å². The average molecular weight is 399 g/mol. The van der Waals surface area contributed by atoms with E-state index >= 15 is 0 Å². The number of imide groups is 1. The van der Waals surface area contributed by atoms with Crippen LogP contribution in [0.4, 0.5) is 4.79 Å². The number of carbonyl (C=O) groups excluding carboxylic acids is 2. The number of primary amides is 1. The Bertz CT molecular complexity index is 850. The Morgan fingerprint density at radius 1 is 0.741 bits per heavy atom. The van der Waals surface area contributed by atoms with Crippen molar-refractivity contribution in [1.29, 1.82) is 0 Å². The zero-order chi connectivity index (χ0) is 19.4. The van der Waals surface area contributed by atoms with Crippen LogP contribution in [0, 0.1) is 0 Å². The van der Waals surface area contributed by atoms with Gasteiger partial charge >= 0.3 is 163 Å². The van der Waals surface area contributed by atoms with Crippen molar-refractivity contribution in [2.24, 2.45) is 5.73 Å². The summed E-state index contributed by atoms with van der Waals surface area (Å²) in [6.45, 7) is 0. The van der Waals surface area contributed by atoms with Crippen LogP contribution in [0.3, 0.4) is 0 Å². The van der Waals surface area contributed by atoms with Gasteiger partial charge in [-0.25, -0.2) is 0 Å². The van der Waals surface area contributed by atoms with E-state index in [1.54, 1.807) is 0 Å². The third-order valence-corrected chi connectivity index (χ3v) is 11.7. The number of amides is 3. The molecular formula is C21H20ClN2O2P. The average Bonchev–Trinajstić information content (AvgIpc) is 2.69. The van der Waals surface area contributed by atoms with Crippen LogP contribution in [0.5, 0.6) is 0 Å². The molecule has 0 fully saturated rings. The molecule has 0 aliphatic heterocycles. The summed E-state index contributed by atoms with van der Waals surface area (Å²) in [5, 5.41) is 4.73. The maximum atomic E-state index is 12.7. The molecule has 3 aromatic rings. The summed E-state index contributed by atoms with van der Waals surface area (Å²) in [5.41, 5.74) is 5.17. The maximum absolute atomic E-state index is 12.7. The quantitative estimate of drug-likeness (QED) is 0.649. The summed E-state index contributed by atoms with van der Waals surface area (Å²) < 4.78 is 0. The normalized spacial score (nSPS) is 12.6. The van der Waals surface area contributed by atoms with Crippen LogP contribution in [0.1, 0.15) is 0 Å². The number of benzene rings is 3. The van der Waals surface area contributed by atoms with E-state index in [-0.39, 0.29) is 6.16 Å². The zero-order valence-electron chi connectivity index (χ0n) is 14.6. The molecule has 3 amide bonds. The fourth-order valence-electron chi connectivity index (χ4n) is 3.38. The number of nitrogens with two attached hydrogens (primary N) is 1. The van der Waals surface area contributed by atoms with Crippen molar-refractivity contribution < 1.29 is 9.59 Å². The second-order valence-corrected chi connectivity index (χ2v) is 12.7. The van der Waals surface area contributed by atoms with Crippen LogP contribution < -0.4 is 27.0 Å². The summed E-state index contributed by atoms with van der Waals surface area (Å²) in [6.07, 6.45) is -0.0753. The van der Waals surface area contributed by atoms with E-state index in [1.807, 2.05) is 91.0 Å². The van der Waals surface area contributed by atoms with Gasteiger partial charge in [0.1, 0.15) is 0 Å². The SMILES string of the molecule is NC(=O)NC(=O)CP(Cl)(c1ccccc1)(c1ccccc1)c1ccccc1. The number of urea groups is 1. The molecule has 0 aromatic heterocycles. The molecule has 0 saturated carbocycles. The molecule has 0 heterocycles. The van der Waals surface area contributed by atoms with Gasteiger partial charge in [0.15, 0.2) is 0 Å².